The average molecular weight is 221 g/mol. The van der Waals surface area contributed by atoms with Gasteiger partial charge in [-0.05, 0) is 19.4 Å². The van der Waals surface area contributed by atoms with Crippen molar-refractivity contribution in [3.05, 3.63) is 22.5 Å². The smallest absolute Gasteiger partial charge is 0.355 e. The van der Waals surface area contributed by atoms with Gasteiger partial charge in [-0.15, -0.1) is 0 Å². The van der Waals surface area contributed by atoms with Crippen LogP contribution in [0.3, 0.4) is 0 Å². The number of rotatable bonds is 3. The Bertz CT molecular complexity index is 482. The van der Waals surface area contributed by atoms with E-state index in [4.69, 9.17) is 10.00 Å². The van der Waals surface area contributed by atoms with E-state index >= 15 is 0 Å². The first-order valence-electron chi connectivity index (χ1n) is 4.54. The second kappa shape index (κ2) is 4.49. The number of H-pyrrole nitrogens is 1. The molecule has 0 amide bonds. The monoisotopic (exact) mass is 221 g/mol. The van der Waals surface area contributed by atoms with Gasteiger partial charge in [-0.1, -0.05) is 0 Å². The third kappa shape index (κ3) is 1.88. The fraction of sp³-hybridized carbons (Fsp3) is 0.300. The number of ether oxygens (including phenoxy) is 1. The number of aromatic carboxylic acids is 1. The van der Waals surface area contributed by atoms with Crippen LogP contribution in [0.5, 0.6) is 0 Å². The molecule has 6 heteroatoms. The highest BCUT2D eigenvalue weighted by molar-refractivity contribution is 5.95. The number of nitrogens with one attached hydrogen (secondary N) is 1. The maximum atomic E-state index is 11.4. The van der Waals surface area contributed by atoms with Crippen molar-refractivity contribution in [3.8, 4) is 6.07 Å². The lowest BCUT2D eigenvalue weighted by molar-refractivity contribution is -0.255. The van der Waals surface area contributed by atoms with Gasteiger partial charge in [-0.3, -0.25) is 0 Å². The van der Waals surface area contributed by atoms with Gasteiger partial charge in [0.2, 0.25) is 0 Å². The number of aromatic nitrogens is 1. The lowest BCUT2D eigenvalue weighted by atomic mass is 10.1. The summed E-state index contributed by atoms with van der Waals surface area (Å²) in [7, 11) is 0. The number of carboxylic acid groups (broad SMARTS) is 1. The molecule has 0 aliphatic carbocycles. The highest BCUT2D eigenvalue weighted by atomic mass is 16.5. The van der Waals surface area contributed by atoms with Crippen LogP contribution < -0.4 is 5.11 Å². The topological polar surface area (TPSA) is 106 Å². The minimum absolute atomic E-state index is 0.0300. The number of nitrogens with zero attached hydrogens (tertiary/aromatic N) is 1. The Labute approximate surface area is 91.5 Å². The van der Waals surface area contributed by atoms with Crippen molar-refractivity contribution >= 4 is 11.9 Å². The molecular formula is C10H9N2O4-. The van der Waals surface area contributed by atoms with Crippen LogP contribution in [0.1, 0.15) is 39.0 Å². The van der Waals surface area contributed by atoms with E-state index in [1.165, 1.54) is 6.92 Å². The third-order valence-electron chi connectivity index (χ3n) is 2.05. The van der Waals surface area contributed by atoms with Crippen molar-refractivity contribution in [2.24, 2.45) is 0 Å². The number of carboxylic acids is 1. The third-order valence-corrected chi connectivity index (χ3v) is 2.05. The molecule has 0 aromatic carbocycles. The van der Waals surface area contributed by atoms with E-state index in [-0.39, 0.29) is 23.4 Å². The number of esters is 1. The molecule has 1 N–H and O–H groups in total. The first-order valence-corrected chi connectivity index (χ1v) is 4.54. The molecule has 1 rings (SSSR count). The zero-order valence-corrected chi connectivity index (χ0v) is 8.79. The van der Waals surface area contributed by atoms with E-state index in [0.29, 0.717) is 0 Å². The van der Waals surface area contributed by atoms with Crippen LogP contribution in [0.15, 0.2) is 0 Å². The molecule has 0 saturated heterocycles. The lowest BCUT2D eigenvalue weighted by Gasteiger charge is -2.00. The molecule has 1 aromatic rings. The molecule has 0 saturated carbocycles. The van der Waals surface area contributed by atoms with E-state index in [9.17, 15) is 14.7 Å². The zero-order chi connectivity index (χ0) is 12.3. The molecule has 1 aromatic heterocycles. The van der Waals surface area contributed by atoms with E-state index in [0.717, 1.165) is 0 Å². The van der Waals surface area contributed by atoms with Crippen molar-refractivity contribution in [3.63, 3.8) is 0 Å². The Hall–Kier alpha value is -2.29. The number of carbonyl (C=O) groups is 2. The van der Waals surface area contributed by atoms with Crippen molar-refractivity contribution in [1.29, 1.82) is 5.26 Å². The summed E-state index contributed by atoms with van der Waals surface area (Å²) in [6, 6.07) is 1.70. The quantitative estimate of drug-likeness (QED) is 0.707. The van der Waals surface area contributed by atoms with Gasteiger partial charge in [0.25, 0.3) is 0 Å². The van der Waals surface area contributed by atoms with Crippen LogP contribution in [0.4, 0.5) is 0 Å². The Morgan fingerprint density at radius 2 is 2.12 bits per heavy atom. The zero-order valence-electron chi connectivity index (χ0n) is 8.79. The Morgan fingerprint density at radius 1 is 1.50 bits per heavy atom. The number of nitriles is 1. The maximum absolute atomic E-state index is 11.4. The molecule has 0 bridgehead atoms. The molecule has 0 spiro atoms. The summed E-state index contributed by atoms with van der Waals surface area (Å²) in [5.41, 5.74) is -0.288. The van der Waals surface area contributed by atoms with Gasteiger partial charge in [-0.25, -0.2) is 4.79 Å². The van der Waals surface area contributed by atoms with E-state index < -0.39 is 17.6 Å². The van der Waals surface area contributed by atoms with Gasteiger partial charge in [-0.2, -0.15) is 5.26 Å². The van der Waals surface area contributed by atoms with Gasteiger partial charge < -0.3 is 19.6 Å². The van der Waals surface area contributed by atoms with Crippen LogP contribution in [-0.2, 0) is 4.74 Å². The molecule has 6 nitrogen and oxygen atoms in total. The molecule has 0 fully saturated rings. The summed E-state index contributed by atoms with van der Waals surface area (Å²) < 4.78 is 4.71. The predicted molar refractivity (Wildman–Crippen MR) is 50.5 cm³/mol. The van der Waals surface area contributed by atoms with Crippen molar-refractivity contribution in [2.75, 3.05) is 6.61 Å². The first-order chi connectivity index (χ1) is 7.52. The molecule has 0 radical (unpaired) electrons. The van der Waals surface area contributed by atoms with Crippen LogP contribution in [-0.4, -0.2) is 23.5 Å². The summed E-state index contributed by atoms with van der Waals surface area (Å²) in [4.78, 5) is 24.4. The summed E-state index contributed by atoms with van der Waals surface area (Å²) >= 11 is 0. The second-order valence-electron chi connectivity index (χ2n) is 2.99. The minimum Gasteiger partial charge on any atom is -0.543 e. The second-order valence-corrected chi connectivity index (χ2v) is 2.99. The Balaban J connectivity index is 3.29. The summed E-state index contributed by atoms with van der Waals surface area (Å²) in [5, 5.41) is 19.4. The van der Waals surface area contributed by atoms with Crippen molar-refractivity contribution in [2.45, 2.75) is 13.8 Å². The largest absolute Gasteiger partial charge is 0.543 e. The fourth-order valence-electron chi connectivity index (χ4n) is 1.29. The van der Waals surface area contributed by atoms with Crippen LogP contribution in [0, 0.1) is 18.3 Å². The van der Waals surface area contributed by atoms with Crippen molar-refractivity contribution in [1.82, 2.24) is 4.98 Å². The number of hydrogen-bond acceptors (Lipinski definition) is 5. The van der Waals surface area contributed by atoms with E-state index in [2.05, 4.69) is 4.98 Å². The maximum Gasteiger partial charge on any atom is 0.355 e. The molecule has 84 valence electrons. The average Bonchev–Trinajstić information content (AvgIpc) is 2.55. The number of aromatic amines is 1. The van der Waals surface area contributed by atoms with Crippen LogP contribution >= 0.6 is 0 Å². The van der Waals surface area contributed by atoms with Gasteiger partial charge in [0.05, 0.1) is 23.8 Å². The molecule has 0 aliphatic rings. The molecular weight excluding hydrogens is 212 g/mol. The molecule has 16 heavy (non-hydrogen) atoms. The van der Waals surface area contributed by atoms with Gasteiger partial charge >= 0.3 is 5.97 Å². The first kappa shape index (κ1) is 11.8. The molecule has 0 aliphatic heterocycles. The van der Waals surface area contributed by atoms with Crippen molar-refractivity contribution < 1.29 is 19.4 Å². The standard InChI is InChI=1S/C10H10N2O4/c1-3-16-10(15)7-5(2)6(4-11)8(12-7)9(13)14/h12H,3H2,1-2H3,(H,13,14)/p-1. The lowest BCUT2D eigenvalue weighted by Crippen LogP contribution is -2.23. The summed E-state index contributed by atoms with van der Waals surface area (Å²) in [6.07, 6.45) is 0. The molecule has 0 unspecified atom stereocenters. The van der Waals surface area contributed by atoms with Crippen LogP contribution in [0.25, 0.3) is 0 Å². The number of hydrogen-bond donors (Lipinski definition) is 1. The molecule has 1 heterocycles. The Morgan fingerprint density at radius 3 is 2.50 bits per heavy atom. The highest BCUT2D eigenvalue weighted by Gasteiger charge is 2.20. The fourth-order valence-corrected chi connectivity index (χ4v) is 1.29. The number of carbonyl (C=O) groups excluding carboxylic acids is 2. The summed E-state index contributed by atoms with van der Waals surface area (Å²) in [6.45, 7) is 3.26. The predicted octanol–water partition coefficient (Wildman–Crippen LogP) is -0.265. The van der Waals surface area contributed by atoms with Crippen LogP contribution in [0.2, 0.25) is 0 Å². The Kier molecular flexibility index (Phi) is 3.30. The van der Waals surface area contributed by atoms with E-state index in [1.54, 1.807) is 13.0 Å². The van der Waals surface area contributed by atoms with Gasteiger partial charge in [0, 0.05) is 0 Å². The SMILES string of the molecule is CCOC(=O)c1[nH]c(C(=O)[O-])c(C#N)c1C. The minimum atomic E-state index is -1.53. The highest BCUT2D eigenvalue weighted by Crippen LogP contribution is 2.17. The molecule has 0 atom stereocenters. The summed E-state index contributed by atoms with van der Waals surface area (Å²) in [5.74, 6) is -2.22. The van der Waals surface area contributed by atoms with Gasteiger partial charge in [0.1, 0.15) is 11.8 Å². The van der Waals surface area contributed by atoms with Gasteiger partial charge in [0.15, 0.2) is 0 Å². The normalized spacial score (nSPS) is 9.56. The van der Waals surface area contributed by atoms with E-state index in [1.807, 2.05) is 0 Å².